The molecular formula is C59H50N2. The Hall–Kier alpha value is -7.68. The van der Waals surface area contributed by atoms with Gasteiger partial charge in [-0.2, -0.15) is 0 Å². The summed E-state index contributed by atoms with van der Waals surface area (Å²) in [6.45, 7) is 13.0. The molecule has 1 unspecified atom stereocenters. The van der Waals surface area contributed by atoms with Gasteiger partial charge < -0.3 is 11.1 Å². The third kappa shape index (κ3) is 7.80. The summed E-state index contributed by atoms with van der Waals surface area (Å²) in [5.74, 6) is 0. The molecule has 1 atom stereocenters. The van der Waals surface area contributed by atoms with E-state index in [9.17, 15) is 0 Å². The largest absolute Gasteiger partial charge is 0.397 e. The van der Waals surface area contributed by atoms with Crippen molar-refractivity contribution in [3.8, 4) is 11.1 Å². The standard InChI is InChI=1S/C45H34.C12H12N2.C2H4/c1-31-25-28-40-39-22-13-14-24-42(39)45(43(40)29-31,37-19-7-4-8-20-37)44(34-16-5-3-6-17-34)41-23-12-11-21-38(41)32(2)35-27-26-33-15-9-10-18-36(33)30-35;13-11-8-4-5-9-12(11)14-10-6-2-1-3-7-10;1-2/h3-16,18-30H,2,17H2,1H3;1-9,14H,13H2;1-2H2/b44-34+;;. The van der Waals surface area contributed by atoms with Crippen molar-refractivity contribution >= 4 is 39.0 Å². The van der Waals surface area contributed by atoms with Gasteiger partial charge >= 0.3 is 0 Å². The minimum absolute atomic E-state index is 0.524. The Morgan fingerprint density at radius 3 is 1.97 bits per heavy atom. The first-order valence-corrected chi connectivity index (χ1v) is 20.8. The van der Waals surface area contributed by atoms with Gasteiger partial charge in [-0.15, -0.1) is 13.2 Å². The fourth-order valence-corrected chi connectivity index (χ4v) is 8.91. The lowest BCUT2D eigenvalue weighted by atomic mass is 9.62. The van der Waals surface area contributed by atoms with Gasteiger partial charge in [0.05, 0.1) is 16.8 Å². The van der Waals surface area contributed by atoms with Gasteiger partial charge in [0.15, 0.2) is 0 Å². The molecule has 10 rings (SSSR count). The van der Waals surface area contributed by atoms with Crippen molar-refractivity contribution in [2.75, 3.05) is 11.1 Å². The zero-order valence-corrected chi connectivity index (χ0v) is 34.7. The molecule has 61 heavy (non-hydrogen) atoms. The molecule has 0 saturated heterocycles. The third-order valence-electron chi connectivity index (χ3n) is 11.6. The second-order valence-corrected chi connectivity index (χ2v) is 15.3. The summed E-state index contributed by atoms with van der Waals surface area (Å²) in [5.41, 5.74) is 23.0. The summed E-state index contributed by atoms with van der Waals surface area (Å²) in [7, 11) is 0. The highest BCUT2D eigenvalue weighted by atomic mass is 14.9. The van der Waals surface area contributed by atoms with Crippen LogP contribution in [0.2, 0.25) is 0 Å². The van der Waals surface area contributed by atoms with Crippen LogP contribution in [0, 0.1) is 6.92 Å². The van der Waals surface area contributed by atoms with Crippen LogP contribution in [0.25, 0.3) is 33.0 Å². The van der Waals surface area contributed by atoms with Crippen LogP contribution in [0.15, 0.2) is 244 Å². The number of hydrogen-bond acceptors (Lipinski definition) is 2. The van der Waals surface area contributed by atoms with E-state index in [0.29, 0.717) is 0 Å². The van der Waals surface area contributed by atoms with Crippen LogP contribution in [0.1, 0.15) is 45.4 Å². The Morgan fingerprint density at radius 2 is 1.21 bits per heavy atom. The molecule has 0 aromatic heterocycles. The molecule has 3 N–H and O–H groups in total. The van der Waals surface area contributed by atoms with E-state index in [2.05, 4.69) is 189 Å². The van der Waals surface area contributed by atoms with Crippen molar-refractivity contribution in [3.05, 3.63) is 283 Å². The average Bonchev–Trinajstić information content (AvgIpc) is 3.61. The molecular weight excluding hydrogens is 737 g/mol. The van der Waals surface area contributed by atoms with Crippen molar-refractivity contribution < 1.29 is 0 Å². The highest BCUT2D eigenvalue weighted by Gasteiger charge is 2.49. The molecule has 0 fully saturated rings. The highest BCUT2D eigenvalue weighted by Crippen LogP contribution is 2.60. The maximum Gasteiger partial charge on any atom is 0.0722 e. The zero-order chi connectivity index (χ0) is 42.2. The number of benzene rings is 8. The number of para-hydroxylation sites is 3. The van der Waals surface area contributed by atoms with Gasteiger partial charge in [-0.05, 0) is 116 Å². The van der Waals surface area contributed by atoms with Gasteiger partial charge in [0.1, 0.15) is 0 Å². The minimum Gasteiger partial charge on any atom is -0.397 e. The first-order valence-electron chi connectivity index (χ1n) is 20.8. The second kappa shape index (κ2) is 18.1. The summed E-state index contributed by atoms with van der Waals surface area (Å²) in [6.07, 6.45) is 9.83. The Morgan fingerprint density at radius 1 is 0.574 bits per heavy atom. The van der Waals surface area contributed by atoms with E-state index in [1.54, 1.807) is 0 Å². The molecule has 0 amide bonds. The quantitative estimate of drug-likeness (QED) is 0.125. The number of nitrogens with two attached hydrogens (primary N) is 1. The molecule has 2 aliphatic carbocycles. The number of fused-ring (bicyclic) bond motifs is 4. The summed E-state index contributed by atoms with van der Waals surface area (Å²) < 4.78 is 0. The van der Waals surface area contributed by atoms with Crippen LogP contribution in [-0.2, 0) is 5.41 Å². The molecule has 0 radical (unpaired) electrons. The third-order valence-corrected chi connectivity index (χ3v) is 11.6. The Labute approximate surface area is 361 Å². The predicted molar refractivity (Wildman–Crippen MR) is 263 cm³/mol. The molecule has 0 heterocycles. The van der Waals surface area contributed by atoms with Gasteiger partial charge in [-0.3, -0.25) is 0 Å². The zero-order valence-electron chi connectivity index (χ0n) is 34.7. The fraction of sp³-hybridized carbons (Fsp3) is 0.0508. The highest BCUT2D eigenvalue weighted by molar-refractivity contribution is 6.00. The molecule has 8 aromatic carbocycles. The summed E-state index contributed by atoms with van der Waals surface area (Å²) in [5, 5.41) is 5.71. The van der Waals surface area contributed by atoms with E-state index in [4.69, 9.17) is 12.3 Å². The van der Waals surface area contributed by atoms with E-state index < -0.39 is 5.41 Å². The lowest BCUT2D eigenvalue weighted by Crippen LogP contribution is -2.30. The van der Waals surface area contributed by atoms with E-state index in [0.717, 1.165) is 40.2 Å². The summed E-state index contributed by atoms with van der Waals surface area (Å²) in [6, 6.07) is 69.0. The lowest BCUT2D eigenvalue weighted by molar-refractivity contribution is 0.818. The molecule has 0 aliphatic heterocycles. The molecule has 0 saturated carbocycles. The van der Waals surface area contributed by atoms with Crippen LogP contribution >= 0.6 is 0 Å². The van der Waals surface area contributed by atoms with Crippen molar-refractivity contribution in [2.45, 2.75) is 18.8 Å². The number of aryl methyl sites for hydroxylation is 1. The van der Waals surface area contributed by atoms with Crippen LogP contribution < -0.4 is 11.1 Å². The predicted octanol–water partition coefficient (Wildman–Crippen LogP) is 15.3. The van der Waals surface area contributed by atoms with Crippen molar-refractivity contribution in [1.29, 1.82) is 0 Å². The minimum atomic E-state index is -0.524. The molecule has 296 valence electrons. The van der Waals surface area contributed by atoms with E-state index >= 15 is 0 Å². The van der Waals surface area contributed by atoms with Gasteiger partial charge in [0.25, 0.3) is 0 Å². The number of hydrogen-bond donors (Lipinski definition) is 2. The second-order valence-electron chi connectivity index (χ2n) is 15.3. The van der Waals surface area contributed by atoms with Crippen LogP contribution in [-0.4, -0.2) is 0 Å². The Kier molecular flexibility index (Phi) is 11.9. The van der Waals surface area contributed by atoms with Crippen molar-refractivity contribution in [3.63, 3.8) is 0 Å². The summed E-state index contributed by atoms with van der Waals surface area (Å²) in [4.78, 5) is 0. The van der Waals surface area contributed by atoms with E-state index in [1.165, 1.54) is 60.9 Å². The van der Waals surface area contributed by atoms with Gasteiger partial charge in [0.2, 0.25) is 0 Å². The van der Waals surface area contributed by atoms with Crippen molar-refractivity contribution in [1.82, 2.24) is 0 Å². The molecule has 8 aromatic rings. The van der Waals surface area contributed by atoms with E-state index in [1.807, 2.05) is 54.6 Å². The van der Waals surface area contributed by atoms with Gasteiger partial charge in [-0.1, -0.05) is 200 Å². The van der Waals surface area contributed by atoms with Gasteiger partial charge in [0, 0.05) is 5.69 Å². The Balaban J connectivity index is 0.000000271. The normalized spacial score (nSPS) is 15.3. The van der Waals surface area contributed by atoms with Crippen molar-refractivity contribution in [2.24, 2.45) is 0 Å². The molecule has 0 spiro atoms. The van der Waals surface area contributed by atoms with Crippen LogP contribution in [0.4, 0.5) is 17.1 Å². The van der Waals surface area contributed by atoms with E-state index in [-0.39, 0.29) is 0 Å². The molecule has 2 aliphatic rings. The first-order chi connectivity index (χ1) is 30.0. The monoisotopic (exact) mass is 786 g/mol. The molecule has 0 bridgehead atoms. The lowest BCUT2D eigenvalue weighted by Gasteiger charge is -2.39. The Bertz CT molecular complexity index is 2930. The molecule has 2 nitrogen and oxygen atoms in total. The maximum atomic E-state index is 5.81. The van der Waals surface area contributed by atoms with Crippen LogP contribution in [0.3, 0.4) is 0 Å². The topological polar surface area (TPSA) is 38.0 Å². The first kappa shape index (κ1) is 40.1. The number of allylic oxidation sites excluding steroid dienone is 6. The SMILES string of the molecule is C=C.C=C(c1ccc2ccccc2c1)c1ccccc1/C(=C1/C=CC=CC1)C1(c2ccccc2)c2ccccc2-c2ccc(C)cc21.Nc1ccccc1Nc1ccccc1. The average molecular weight is 787 g/mol. The molecule has 2 heteroatoms. The smallest absolute Gasteiger partial charge is 0.0722 e. The number of nitrogens with one attached hydrogen (secondary N) is 1. The maximum absolute atomic E-state index is 5.81. The van der Waals surface area contributed by atoms with Crippen LogP contribution in [0.5, 0.6) is 0 Å². The number of anilines is 3. The van der Waals surface area contributed by atoms with Gasteiger partial charge in [-0.25, -0.2) is 0 Å². The number of rotatable bonds is 7. The number of nitrogen functional groups attached to an aromatic ring is 1. The fourth-order valence-electron chi connectivity index (χ4n) is 8.91. The summed E-state index contributed by atoms with van der Waals surface area (Å²) >= 11 is 0.